The number of hydrogen-bond acceptors (Lipinski definition) is 5. The Morgan fingerprint density at radius 1 is 1.25 bits per heavy atom. The van der Waals surface area contributed by atoms with Crippen molar-refractivity contribution >= 4 is 29.0 Å². The van der Waals surface area contributed by atoms with Crippen molar-refractivity contribution in [1.82, 2.24) is 10.2 Å². The van der Waals surface area contributed by atoms with Crippen LogP contribution in [0.4, 0.5) is 11.5 Å². The van der Waals surface area contributed by atoms with Crippen molar-refractivity contribution in [2.45, 2.75) is 19.8 Å². The monoisotopic (exact) mass is 396 g/mol. The van der Waals surface area contributed by atoms with Crippen LogP contribution in [0.1, 0.15) is 18.4 Å². The first-order chi connectivity index (χ1) is 13.6. The van der Waals surface area contributed by atoms with Gasteiger partial charge in [-0.25, -0.2) is 0 Å². The molecule has 1 aromatic carbocycles. The molecule has 4 rings (SSSR count). The van der Waals surface area contributed by atoms with Gasteiger partial charge in [-0.1, -0.05) is 17.7 Å². The van der Waals surface area contributed by atoms with Crippen LogP contribution in [0, 0.1) is 12.8 Å². The number of carbonyl (C=O) groups is 1. The van der Waals surface area contributed by atoms with Gasteiger partial charge in [0.2, 0.25) is 5.91 Å². The highest BCUT2D eigenvalue weighted by Crippen LogP contribution is 2.26. The lowest BCUT2D eigenvalue weighted by molar-refractivity contribution is -0.120. The number of hydrogen-bond donors (Lipinski definition) is 1. The molecule has 3 heterocycles. The molecule has 1 amide bonds. The average Bonchev–Trinajstić information content (AvgIpc) is 3.26. The van der Waals surface area contributed by atoms with Gasteiger partial charge in [0.15, 0.2) is 11.6 Å². The third-order valence-electron chi connectivity index (χ3n) is 5.00. The minimum Gasteiger partial charge on any atom is -0.463 e. The van der Waals surface area contributed by atoms with Crippen molar-refractivity contribution in [3.8, 4) is 11.5 Å². The first-order valence-corrected chi connectivity index (χ1v) is 9.67. The highest BCUT2D eigenvalue weighted by Gasteiger charge is 2.27. The maximum atomic E-state index is 12.8. The number of nitrogens with one attached hydrogen (secondary N) is 1. The van der Waals surface area contributed by atoms with Crippen molar-refractivity contribution in [2.24, 2.45) is 5.92 Å². The van der Waals surface area contributed by atoms with E-state index in [1.165, 1.54) is 0 Å². The van der Waals surface area contributed by atoms with E-state index in [0.29, 0.717) is 23.0 Å². The van der Waals surface area contributed by atoms with Crippen molar-refractivity contribution in [2.75, 3.05) is 23.3 Å². The highest BCUT2D eigenvalue weighted by molar-refractivity contribution is 6.31. The minimum atomic E-state index is -0.112. The Balaban J connectivity index is 1.44. The van der Waals surface area contributed by atoms with Gasteiger partial charge in [0.1, 0.15) is 5.69 Å². The van der Waals surface area contributed by atoms with E-state index in [1.54, 1.807) is 12.3 Å². The Morgan fingerprint density at radius 2 is 2.14 bits per heavy atom. The molecule has 1 fully saturated rings. The van der Waals surface area contributed by atoms with Crippen LogP contribution in [0.15, 0.2) is 53.1 Å². The molecule has 1 aliphatic rings. The zero-order valence-electron chi connectivity index (χ0n) is 15.6. The smallest absolute Gasteiger partial charge is 0.229 e. The van der Waals surface area contributed by atoms with Gasteiger partial charge >= 0.3 is 0 Å². The van der Waals surface area contributed by atoms with Crippen molar-refractivity contribution in [3.05, 3.63) is 59.3 Å². The molecule has 6 nitrogen and oxygen atoms in total. The second kappa shape index (κ2) is 8.02. The van der Waals surface area contributed by atoms with Crippen molar-refractivity contribution < 1.29 is 9.21 Å². The number of halogens is 1. The number of anilines is 2. The molecular formula is C21H21ClN4O2. The van der Waals surface area contributed by atoms with Crippen molar-refractivity contribution in [1.29, 1.82) is 0 Å². The Hall–Kier alpha value is -2.86. The molecule has 144 valence electrons. The summed E-state index contributed by atoms with van der Waals surface area (Å²) in [6.07, 6.45) is 3.38. The molecule has 2 aromatic heterocycles. The summed E-state index contributed by atoms with van der Waals surface area (Å²) >= 11 is 6.06. The minimum absolute atomic E-state index is 0.00947. The van der Waals surface area contributed by atoms with E-state index in [-0.39, 0.29) is 11.8 Å². The second-order valence-electron chi connectivity index (χ2n) is 6.99. The van der Waals surface area contributed by atoms with E-state index < -0.39 is 0 Å². The van der Waals surface area contributed by atoms with Gasteiger partial charge in [-0.05, 0) is 61.7 Å². The SMILES string of the molecule is Cc1ccc(Cl)cc1NC(=O)C1CCCN(c2ccc(-c3ccco3)nn2)C1. The molecule has 0 aliphatic carbocycles. The summed E-state index contributed by atoms with van der Waals surface area (Å²) in [5.41, 5.74) is 2.44. The quantitative estimate of drug-likeness (QED) is 0.700. The van der Waals surface area contributed by atoms with E-state index >= 15 is 0 Å². The molecule has 1 aliphatic heterocycles. The number of carbonyl (C=O) groups excluding carboxylic acids is 1. The molecule has 7 heteroatoms. The standard InChI is InChI=1S/C21H21ClN4O2/c1-14-6-7-16(22)12-18(14)23-21(27)15-4-2-10-26(13-15)20-9-8-17(24-25-20)19-5-3-11-28-19/h3,5-9,11-12,15H,2,4,10,13H2,1H3,(H,23,27). The number of aromatic nitrogens is 2. The topological polar surface area (TPSA) is 71.3 Å². The summed E-state index contributed by atoms with van der Waals surface area (Å²) in [5.74, 6) is 1.35. The van der Waals surface area contributed by atoms with E-state index in [9.17, 15) is 4.79 Å². The van der Waals surface area contributed by atoms with Gasteiger partial charge in [0.05, 0.1) is 12.2 Å². The van der Waals surface area contributed by atoms with Gasteiger partial charge in [-0.2, -0.15) is 0 Å². The van der Waals surface area contributed by atoms with Crippen LogP contribution in [0.2, 0.25) is 5.02 Å². The van der Waals surface area contributed by atoms with E-state index in [0.717, 1.165) is 36.5 Å². The van der Waals surface area contributed by atoms with Gasteiger partial charge in [0.25, 0.3) is 0 Å². The zero-order valence-corrected chi connectivity index (χ0v) is 16.3. The van der Waals surface area contributed by atoms with Gasteiger partial charge < -0.3 is 14.6 Å². The summed E-state index contributed by atoms with van der Waals surface area (Å²) in [6.45, 7) is 3.42. The summed E-state index contributed by atoms with van der Waals surface area (Å²) in [6, 6.07) is 13.0. The summed E-state index contributed by atoms with van der Waals surface area (Å²) in [4.78, 5) is 14.9. The van der Waals surface area contributed by atoms with Crippen molar-refractivity contribution in [3.63, 3.8) is 0 Å². The molecule has 28 heavy (non-hydrogen) atoms. The largest absolute Gasteiger partial charge is 0.463 e. The number of furan rings is 1. The zero-order chi connectivity index (χ0) is 19.5. The van der Waals surface area contributed by atoms with Crippen LogP contribution in [-0.4, -0.2) is 29.2 Å². The van der Waals surface area contributed by atoms with Crippen LogP contribution in [0.3, 0.4) is 0 Å². The molecule has 3 aromatic rings. The predicted molar refractivity (Wildman–Crippen MR) is 109 cm³/mol. The Labute approximate surface area is 168 Å². The lowest BCUT2D eigenvalue weighted by atomic mass is 9.97. The van der Waals surface area contributed by atoms with Gasteiger partial charge in [0, 0.05) is 23.8 Å². The molecule has 0 radical (unpaired) electrons. The van der Waals surface area contributed by atoms with Crippen LogP contribution in [0.5, 0.6) is 0 Å². The van der Waals surface area contributed by atoms with E-state index in [1.807, 2.05) is 43.3 Å². The first-order valence-electron chi connectivity index (χ1n) is 9.30. The fourth-order valence-corrected chi connectivity index (χ4v) is 3.58. The Kier molecular flexibility index (Phi) is 5.30. The molecule has 0 saturated carbocycles. The lowest BCUT2D eigenvalue weighted by Crippen LogP contribution is -2.41. The third kappa shape index (κ3) is 4.02. The molecular weight excluding hydrogens is 376 g/mol. The molecule has 1 N–H and O–H groups in total. The fraction of sp³-hybridized carbons (Fsp3) is 0.286. The normalized spacial score (nSPS) is 16.8. The van der Waals surface area contributed by atoms with E-state index in [2.05, 4.69) is 20.4 Å². The number of benzene rings is 1. The van der Waals surface area contributed by atoms with Crippen LogP contribution < -0.4 is 10.2 Å². The molecule has 1 saturated heterocycles. The molecule has 1 atom stereocenters. The second-order valence-corrected chi connectivity index (χ2v) is 7.42. The maximum absolute atomic E-state index is 12.8. The number of aryl methyl sites for hydroxylation is 1. The highest BCUT2D eigenvalue weighted by atomic mass is 35.5. The van der Waals surface area contributed by atoms with Crippen LogP contribution in [-0.2, 0) is 4.79 Å². The van der Waals surface area contributed by atoms with Gasteiger partial charge in [-0.15, -0.1) is 10.2 Å². The average molecular weight is 397 g/mol. The molecule has 1 unspecified atom stereocenters. The Bertz CT molecular complexity index is 957. The number of amides is 1. The summed E-state index contributed by atoms with van der Waals surface area (Å²) < 4.78 is 5.35. The Morgan fingerprint density at radius 3 is 2.89 bits per heavy atom. The number of nitrogens with zero attached hydrogens (tertiary/aromatic N) is 3. The summed E-state index contributed by atoms with van der Waals surface area (Å²) in [7, 11) is 0. The number of rotatable bonds is 4. The lowest BCUT2D eigenvalue weighted by Gasteiger charge is -2.32. The fourth-order valence-electron chi connectivity index (χ4n) is 3.41. The first kappa shape index (κ1) is 18.5. The van der Waals surface area contributed by atoms with Gasteiger partial charge in [-0.3, -0.25) is 4.79 Å². The van der Waals surface area contributed by atoms with Crippen LogP contribution >= 0.6 is 11.6 Å². The van der Waals surface area contributed by atoms with Crippen LogP contribution in [0.25, 0.3) is 11.5 Å². The summed E-state index contributed by atoms with van der Waals surface area (Å²) in [5, 5.41) is 12.2. The maximum Gasteiger partial charge on any atom is 0.229 e. The molecule has 0 spiro atoms. The molecule has 0 bridgehead atoms. The number of piperidine rings is 1. The predicted octanol–water partition coefficient (Wildman–Crippen LogP) is 4.55. The third-order valence-corrected chi connectivity index (χ3v) is 5.23. The van der Waals surface area contributed by atoms with E-state index in [4.69, 9.17) is 16.0 Å².